The summed E-state index contributed by atoms with van der Waals surface area (Å²) in [5, 5.41) is 13.1. The van der Waals surface area contributed by atoms with Crippen LogP contribution in [0, 0.1) is 11.3 Å². The number of likely N-dealkylation sites (tertiary alicyclic amines) is 2. The van der Waals surface area contributed by atoms with E-state index in [-0.39, 0.29) is 5.54 Å². The molecular weight excluding hydrogens is 296 g/mol. The molecule has 1 aromatic carbocycles. The van der Waals surface area contributed by atoms with Crippen LogP contribution in [0.5, 0.6) is 0 Å². The van der Waals surface area contributed by atoms with E-state index in [2.05, 4.69) is 58.6 Å². The monoisotopic (exact) mass is 324 g/mol. The van der Waals surface area contributed by atoms with E-state index < -0.39 is 0 Å². The van der Waals surface area contributed by atoms with Gasteiger partial charge in [-0.1, -0.05) is 30.3 Å². The summed E-state index contributed by atoms with van der Waals surface area (Å²) in [6.07, 6.45) is 4.39. The molecule has 4 heteroatoms. The second kappa shape index (κ2) is 6.48. The standard InChI is InChI=1S/C20H28N4/c1-23-14-20(15-23,9-10-21)24-11-7-17(8-12-24)22-19-13-18(19)16-5-3-2-4-6-16/h2-6,17-19,22H,7-9,11-15H2,1H3. The Morgan fingerprint density at radius 3 is 2.54 bits per heavy atom. The summed E-state index contributed by atoms with van der Waals surface area (Å²) < 4.78 is 0. The van der Waals surface area contributed by atoms with Crippen molar-refractivity contribution in [2.24, 2.45) is 0 Å². The molecule has 0 radical (unpaired) electrons. The molecule has 2 heterocycles. The fraction of sp³-hybridized carbons (Fsp3) is 0.650. The van der Waals surface area contributed by atoms with Crippen LogP contribution in [-0.2, 0) is 0 Å². The van der Waals surface area contributed by atoms with Crippen molar-refractivity contribution in [1.29, 1.82) is 5.26 Å². The molecule has 24 heavy (non-hydrogen) atoms. The normalized spacial score (nSPS) is 30.5. The molecule has 128 valence electrons. The van der Waals surface area contributed by atoms with Gasteiger partial charge in [-0.05, 0) is 31.9 Å². The van der Waals surface area contributed by atoms with Gasteiger partial charge < -0.3 is 10.2 Å². The Morgan fingerprint density at radius 2 is 1.92 bits per heavy atom. The SMILES string of the molecule is CN1CC(CC#N)(N2CCC(NC3CC3c3ccccc3)CC2)C1. The Balaban J connectivity index is 1.26. The predicted octanol–water partition coefficient (Wildman–Crippen LogP) is 2.19. The lowest BCUT2D eigenvalue weighted by Gasteiger charge is -2.55. The molecule has 1 saturated carbocycles. The maximum atomic E-state index is 9.19. The van der Waals surface area contributed by atoms with Crippen LogP contribution in [0.15, 0.2) is 30.3 Å². The fourth-order valence-corrected chi connectivity index (χ4v) is 4.80. The van der Waals surface area contributed by atoms with Gasteiger partial charge in [-0.15, -0.1) is 0 Å². The number of hydrogen-bond donors (Lipinski definition) is 1. The van der Waals surface area contributed by atoms with Crippen molar-refractivity contribution >= 4 is 0 Å². The molecule has 0 aromatic heterocycles. The molecule has 2 saturated heterocycles. The van der Waals surface area contributed by atoms with Crippen LogP contribution >= 0.6 is 0 Å². The van der Waals surface area contributed by atoms with Crippen molar-refractivity contribution in [3.05, 3.63) is 35.9 Å². The second-order valence-corrected chi connectivity index (χ2v) is 8.02. The van der Waals surface area contributed by atoms with Gasteiger partial charge in [0.05, 0.1) is 18.0 Å². The lowest BCUT2D eigenvalue weighted by Crippen LogP contribution is -2.70. The lowest BCUT2D eigenvalue weighted by molar-refractivity contribution is -0.0514. The molecule has 4 rings (SSSR count). The summed E-state index contributed by atoms with van der Waals surface area (Å²) >= 11 is 0. The minimum Gasteiger partial charge on any atom is -0.311 e. The second-order valence-electron chi connectivity index (χ2n) is 8.02. The Bertz CT molecular complexity index is 594. The maximum Gasteiger partial charge on any atom is 0.0642 e. The Hall–Kier alpha value is -1.41. The minimum absolute atomic E-state index is 0.140. The predicted molar refractivity (Wildman–Crippen MR) is 95.8 cm³/mol. The first kappa shape index (κ1) is 16.1. The molecule has 0 amide bonds. The van der Waals surface area contributed by atoms with Gasteiger partial charge in [0.1, 0.15) is 0 Å². The van der Waals surface area contributed by atoms with E-state index in [1.807, 2.05) is 0 Å². The van der Waals surface area contributed by atoms with Crippen molar-refractivity contribution in [1.82, 2.24) is 15.1 Å². The zero-order chi connectivity index (χ0) is 16.6. The van der Waals surface area contributed by atoms with Crippen LogP contribution in [0.4, 0.5) is 0 Å². The summed E-state index contributed by atoms with van der Waals surface area (Å²) in [5.74, 6) is 0.717. The summed E-state index contributed by atoms with van der Waals surface area (Å²) in [4.78, 5) is 4.92. The molecule has 3 aliphatic rings. The fourth-order valence-electron chi connectivity index (χ4n) is 4.80. The molecule has 2 atom stereocenters. The average molecular weight is 324 g/mol. The molecule has 0 spiro atoms. The quantitative estimate of drug-likeness (QED) is 0.902. The molecule has 1 aromatic rings. The third-order valence-electron chi connectivity index (χ3n) is 6.17. The van der Waals surface area contributed by atoms with Gasteiger partial charge in [0.25, 0.3) is 0 Å². The summed E-state index contributed by atoms with van der Waals surface area (Å²) in [5.41, 5.74) is 1.62. The van der Waals surface area contributed by atoms with Crippen molar-refractivity contribution in [2.45, 2.75) is 49.2 Å². The van der Waals surface area contributed by atoms with Crippen LogP contribution in [-0.4, -0.2) is 60.6 Å². The van der Waals surface area contributed by atoms with Gasteiger partial charge in [-0.2, -0.15) is 5.26 Å². The molecule has 4 nitrogen and oxygen atoms in total. The zero-order valence-electron chi connectivity index (χ0n) is 14.6. The first-order valence-electron chi connectivity index (χ1n) is 9.32. The van der Waals surface area contributed by atoms with E-state index in [0.29, 0.717) is 18.5 Å². The summed E-state index contributed by atoms with van der Waals surface area (Å²) in [6, 6.07) is 14.6. The van der Waals surface area contributed by atoms with Gasteiger partial charge in [-0.25, -0.2) is 0 Å². The highest BCUT2D eigenvalue weighted by atomic mass is 15.3. The van der Waals surface area contributed by atoms with Crippen LogP contribution in [0.1, 0.15) is 37.2 Å². The number of nitrogens with zero attached hydrogens (tertiary/aromatic N) is 3. The third kappa shape index (κ3) is 3.09. The average Bonchev–Trinajstić information content (AvgIpc) is 3.34. The number of benzene rings is 1. The van der Waals surface area contributed by atoms with Crippen molar-refractivity contribution < 1.29 is 0 Å². The van der Waals surface area contributed by atoms with Gasteiger partial charge >= 0.3 is 0 Å². The minimum atomic E-state index is 0.140. The van der Waals surface area contributed by atoms with Gasteiger partial charge in [0, 0.05) is 44.2 Å². The first-order valence-corrected chi connectivity index (χ1v) is 9.32. The van der Waals surface area contributed by atoms with E-state index >= 15 is 0 Å². The van der Waals surface area contributed by atoms with Crippen LogP contribution in [0.2, 0.25) is 0 Å². The molecule has 3 fully saturated rings. The highest BCUT2D eigenvalue weighted by Gasteiger charge is 2.47. The van der Waals surface area contributed by atoms with Crippen molar-refractivity contribution in [3.8, 4) is 6.07 Å². The van der Waals surface area contributed by atoms with E-state index in [4.69, 9.17) is 0 Å². The highest BCUT2D eigenvalue weighted by molar-refractivity contribution is 5.27. The molecule has 1 N–H and O–H groups in total. The topological polar surface area (TPSA) is 42.3 Å². The summed E-state index contributed by atoms with van der Waals surface area (Å²) in [7, 11) is 2.15. The third-order valence-corrected chi connectivity index (χ3v) is 6.17. The number of hydrogen-bond acceptors (Lipinski definition) is 4. The van der Waals surface area contributed by atoms with E-state index in [1.54, 1.807) is 0 Å². The molecule has 0 bridgehead atoms. The number of rotatable bonds is 5. The number of nitrogens with one attached hydrogen (secondary N) is 1. The van der Waals surface area contributed by atoms with E-state index in [1.165, 1.54) is 24.8 Å². The van der Waals surface area contributed by atoms with Crippen LogP contribution in [0.25, 0.3) is 0 Å². The number of nitriles is 1. The van der Waals surface area contributed by atoms with Crippen molar-refractivity contribution in [2.75, 3.05) is 33.2 Å². The highest BCUT2D eigenvalue weighted by Crippen LogP contribution is 2.41. The molecule has 1 aliphatic carbocycles. The summed E-state index contributed by atoms with van der Waals surface area (Å²) in [6.45, 7) is 4.38. The van der Waals surface area contributed by atoms with E-state index in [9.17, 15) is 5.26 Å². The van der Waals surface area contributed by atoms with Gasteiger partial charge in [0.15, 0.2) is 0 Å². The van der Waals surface area contributed by atoms with Crippen molar-refractivity contribution in [3.63, 3.8) is 0 Å². The Morgan fingerprint density at radius 1 is 1.21 bits per heavy atom. The van der Waals surface area contributed by atoms with Gasteiger partial charge in [-0.3, -0.25) is 4.90 Å². The maximum absolute atomic E-state index is 9.19. The zero-order valence-corrected chi connectivity index (χ0v) is 14.6. The molecular formula is C20H28N4. The number of piperidine rings is 1. The number of likely N-dealkylation sites (N-methyl/N-ethyl adjacent to an activating group) is 1. The largest absolute Gasteiger partial charge is 0.311 e. The Kier molecular flexibility index (Phi) is 4.34. The van der Waals surface area contributed by atoms with Crippen LogP contribution in [0.3, 0.4) is 0 Å². The van der Waals surface area contributed by atoms with Gasteiger partial charge in [0.2, 0.25) is 0 Å². The van der Waals surface area contributed by atoms with Crippen LogP contribution < -0.4 is 5.32 Å². The van der Waals surface area contributed by atoms with E-state index in [0.717, 1.165) is 32.1 Å². The Labute approximate surface area is 145 Å². The smallest absolute Gasteiger partial charge is 0.0642 e. The molecule has 2 aliphatic heterocycles. The molecule has 2 unspecified atom stereocenters. The first-order chi connectivity index (χ1) is 11.7. The lowest BCUT2D eigenvalue weighted by atomic mass is 9.83.